The van der Waals surface area contributed by atoms with Crippen molar-refractivity contribution < 1.29 is 27.2 Å². The lowest BCUT2D eigenvalue weighted by atomic mass is 10.0. The highest BCUT2D eigenvalue weighted by Crippen LogP contribution is 2.27. The Bertz CT molecular complexity index is 1040. The average Bonchev–Trinajstić information content (AvgIpc) is 3.18. The molecule has 0 aliphatic rings. The van der Waals surface area contributed by atoms with Crippen LogP contribution in [0.25, 0.3) is 11.4 Å². The molecule has 0 fully saturated rings. The number of hydrogen-bond acceptors (Lipinski definition) is 7. The van der Waals surface area contributed by atoms with Crippen molar-refractivity contribution in [2.75, 3.05) is 13.2 Å². The van der Waals surface area contributed by atoms with Gasteiger partial charge in [-0.2, -0.15) is 18.2 Å². The van der Waals surface area contributed by atoms with E-state index >= 15 is 0 Å². The zero-order valence-corrected chi connectivity index (χ0v) is 17.1. The fourth-order valence-electron chi connectivity index (χ4n) is 2.92. The van der Waals surface area contributed by atoms with Crippen LogP contribution in [-0.2, 0) is 6.18 Å². The Kier molecular flexibility index (Phi) is 6.52. The summed E-state index contributed by atoms with van der Waals surface area (Å²) in [5, 5.41) is 3.88. The van der Waals surface area contributed by atoms with Gasteiger partial charge in [-0.1, -0.05) is 23.4 Å². The number of alkyl halides is 3. The molecule has 0 saturated carbocycles. The molecule has 164 valence electrons. The number of carbonyl (C=O) groups excluding carboxylic acids is 1. The summed E-state index contributed by atoms with van der Waals surface area (Å²) in [6.07, 6.45) is -3.07. The molecule has 3 aromatic rings. The van der Waals surface area contributed by atoms with Crippen molar-refractivity contribution in [1.29, 1.82) is 0 Å². The quantitative estimate of drug-likeness (QED) is 0.557. The van der Waals surface area contributed by atoms with Gasteiger partial charge in [-0.05, 0) is 19.9 Å². The topological polar surface area (TPSA) is 94.2 Å². The van der Waals surface area contributed by atoms with Crippen LogP contribution < -0.4 is 4.74 Å². The molecular weight excluding hydrogens is 415 g/mol. The molecule has 1 aromatic carbocycles. The Hall–Kier alpha value is -3.50. The predicted molar refractivity (Wildman–Crippen MR) is 103 cm³/mol. The average molecular weight is 435 g/mol. The standard InChI is InChI=1S/C20H20F3N5O3/c1-4-28(12(2)11-30-17-10-24-16(9-25-17)20(21,22)23)19(29)15-8-6-5-7-14(15)18-26-13(3)31-27-18/h5-10,12H,4,11H2,1-3H3/t12-/m0/s1. The molecule has 1 amide bonds. The second kappa shape index (κ2) is 9.11. The minimum absolute atomic E-state index is 0.0170. The highest BCUT2D eigenvalue weighted by atomic mass is 19.4. The largest absolute Gasteiger partial charge is 0.474 e. The third-order valence-corrected chi connectivity index (χ3v) is 4.45. The van der Waals surface area contributed by atoms with Gasteiger partial charge >= 0.3 is 6.18 Å². The number of nitrogens with zero attached hydrogens (tertiary/aromatic N) is 5. The minimum atomic E-state index is -4.57. The number of ether oxygens (including phenoxy) is 1. The predicted octanol–water partition coefficient (Wildman–Crippen LogP) is 3.78. The Morgan fingerprint density at radius 1 is 1.23 bits per heavy atom. The van der Waals surface area contributed by atoms with E-state index in [2.05, 4.69) is 20.1 Å². The first-order chi connectivity index (χ1) is 14.7. The van der Waals surface area contributed by atoms with Crippen molar-refractivity contribution >= 4 is 5.91 Å². The number of aromatic nitrogens is 4. The molecule has 1 atom stereocenters. The van der Waals surface area contributed by atoms with Crippen LogP contribution in [0.15, 0.2) is 41.2 Å². The zero-order valence-electron chi connectivity index (χ0n) is 17.1. The second-order valence-corrected chi connectivity index (χ2v) is 6.67. The first-order valence-electron chi connectivity index (χ1n) is 9.43. The van der Waals surface area contributed by atoms with Crippen molar-refractivity contribution in [2.24, 2.45) is 0 Å². The third-order valence-electron chi connectivity index (χ3n) is 4.45. The molecule has 3 rings (SSSR count). The SMILES string of the molecule is CCN(C(=O)c1ccccc1-c1noc(C)n1)[C@@H](C)COc1cnc(C(F)(F)F)cn1. The summed E-state index contributed by atoms with van der Waals surface area (Å²) in [5.74, 6) is 0.353. The fourth-order valence-corrected chi connectivity index (χ4v) is 2.92. The van der Waals surface area contributed by atoms with Crippen LogP contribution in [0.4, 0.5) is 13.2 Å². The summed E-state index contributed by atoms with van der Waals surface area (Å²) in [5.41, 5.74) is -0.178. The molecule has 8 nitrogen and oxygen atoms in total. The maximum atomic E-state index is 13.2. The van der Waals surface area contributed by atoms with Gasteiger partial charge in [-0.3, -0.25) is 4.79 Å². The highest BCUT2D eigenvalue weighted by Gasteiger charge is 2.33. The molecule has 0 bridgehead atoms. The van der Waals surface area contributed by atoms with E-state index < -0.39 is 17.9 Å². The zero-order chi connectivity index (χ0) is 22.6. The van der Waals surface area contributed by atoms with Gasteiger partial charge in [0.1, 0.15) is 6.61 Å². The molecule has 0 spiro atoms. The molecule has 0 unspecified atom stereocenters. The number of halogens is 3. The number of amides is 1. The first kappa shape index (κ1) is 22.2. The van der Waals surface area contributed by atoms with Gasteiger partial charge in [0.05, 0.1) is 24.0 Å². The Morgan fingerprint density at radius 3 is 2.55 bits per heavy atom. The van der Waals surface area contributed by atoms with E-state index in [4.69, 9.17) is 9.26 Å². The first-order valence-corrected chi connectivity index (χ1v) is 9.43. The van der Waals surface area contributed by atoms with Crippen LogP contribution >= 0.6 is 0 Å². The van der Waals surface area contributed by atoms with Gasteiger partial charge in [-0.15, -0.1) is 0 Å². The van der Waals surface area contributed by atoms with Gasteiger partial charge in [0.25, 0.3) is 5.91 Å². The number of likely N-dealkylation sites (N-methyl/N-ethyl adjacent to an activating group) is 1. The smallest absolute Gasteiger partial charge is 0.434 e. The van der Waals surface area contributed by atoms with E-state index in [1.54, 1.807) is 43.0 Å². The van der Waals surface area contributed by atoms with Crippen LogP contribution in [0.2, 0.25) is 0 Å². The van der Waals surface area contributed by atoms with Gasteiger partial charge in [0.15, 0.2) is 5.69 Å². The molecule has 0 saturated heterocycles. The molecule has 2 heterocycles. The van der Waals surface area contributed by atoms with E-state index in [9.17, 15) is 18.0 Å². The number of hydrogen-bond donors (Lipinski definition) is 0. The monoisotopic (exact) mass is 435 g/mol. The summed E-state index contributed by atoms with van der Waals surface area (Å²) < 4.78 is 48.2. The van der Waals surface area contributed by atoms with E-state index in [-0.39, 0.29) is 18.4 Å². The van der Waals surface area contributed by atoms with Crippen molar-refractivity contribution in [3.05, 3.63) is 53.8 Å². The number of rotatable bonds is 7. The van der Waals surface area contributed by atoms with Crippen LogP contribution in [0, 0.1) is 6.92 Å². The van der Waals surface area contributed by atoms with Crippen LogP contribution in [0.1, 0.15) is 35.8 Å². The normalized spacial score (nSPS) is 12.5. The van der Waals surface area contributed by atoms with Gasteiger partial charge in [0.2, 0.25) is 17.6 Å². The number of aryl methyl sites for hydroxylation is 1. The summed E-state index contributed by atoms with van der Waals surface area (Å²) >= 11 is 0. The third kappa shape index (κ3) is 5.16. The van der Waals surface area contributed by atoms with E-state index in [1.807, 2.05) is 6.92 Å². The Morgan fingerprint density at radius 2 is 1.97 bits per heavy atom. The molecular formula is C20H20F3N5O3. The Balaban J connectivity index is 1.72. The number of benzene rings is 1. The maximum absolute atomic E-state index is 13.2. The van der Waals surface area contributed by atoms with E-state index in [1.165, 1.54) is 0 Å². The summed E-state index contributed by atoms with van der Waals surface area (Å²) in [7, 11) is 0. The molecule has 31 heavy (non-hydrogen) atoms. The minimum Gasteiger partial charge on any atom is -0.474 e. The lowest BCUT2D eigenvalue weighted by Gasteiger charge is -2.28. The van der Waals surface area contributed by atoms with Gasteiger partial charge in [-0.25, -0.2) is 9.97 Å². The maximum Gasteiger partial charge on any atom is 0.434 e. The fraction of sp³-hybridized carbons (Fsp3) is 0.350. The van der Waals surface area contributed by atoms with Gasteiger partial charge < -0.3 is 14.2 Å². The molecule has 0 aliphatic heterocycles. The van der Waals surface area contributed by atoms with Crippen molar-refractivity contribution in [3.63, 3.8) is 0 Å². The summed E-state index contributed by atoms with van der Waals surface area (Å²) in [6.45, 7) is 5.63. The van der Waals surface area contributed by atoms with Crippen molar-refractivity contribution in [2.45, 2.75) is 33.0 Å². The van der Waals surface area contributed by atoms with Crippen molar-refractivity contribution in [3.8, 4) is 17.3 Å². The Labute approximate surface area is 176 Å². The lowest BCUT2D eigenvalue weighted by Crippen LogP contribution is -2.42. The lowest BCUT2D eigenvalue weighted by molar-refractivity contribution is -0.141. The van der Waals surface area contributed by atoms with Crippen LogP contribution in [-0.4, -0.2) is 50.1 Å². The highest BCUT2D eigenvalue weighted by molar-refractivity contribution is 6.00. The number of carbonyl (C=O) groups is 1. The van der Waals surface area contributed by atoms with E-state index in [0.29, 0.717) is 35.6 Å². The molecule has 2 aromatic heterocycles. The van der Waals surface area contributed by atoms with Crippen molar-refractivity contribution in [1.82, 2.24) is 25.0 Å². The second-order valence-electron chi connectivity index (χ2n) is 6.67. The van der Waals surface area contributed by atoms with Crippen LogP contribution in [0.3, 0.4) is 0 Å². The molecule has 0 radical (unpaired) electrons. The molecule has 0 N–H and O–H groups in total. The van der Waals surface area contributed by atoms with E-state index in [0.717, 1.165) is 6.20 Å². The van der Waals surface area contributed by atoms with Crippen LogP contribution in [0.5, 0.6) is 5.88 Å². The summed E-state index contributed by atoms with van der Waals surface area (Å²) in [6, 6.07) is 6.49. The molecule has 0 aliphatic carbocycles. The molecule has 11 heteroatoms. The van der Waals surface area contributed by atoms with Gasteiger partial charge in [0, 0.05) is 19.0 Å². The summed E-state index contributed by atoms with van der Waals surface area (Å²) in [4.78, 5) is 25.9.